The standard InChI is InChI=1S/C19H10Cl2N4O6/c20-8-1-2-14(13(21)3-8)31-11-5-9(4-10(6-11)25(29)30)24-15(26)7-12-16(17(24)22)19(28)23-18(12)27/h1-7H,22H2,(H,23,27,28). The van der Waals surface area contributed by atoms with Gasteiger partial charge in [0, 0.05) is 23.2 Å². The Morgan fingerprint density at radius 2 is 1.77 bits per heavy atom. The first-order valence-corrected chi connectivity index (χ1v) is 9.25. The predicted octanol–water partition coefficient (Wildman–Crippen LogP) is 3.31. The number of halogens is 2. The number of benzene rings is 2. The minimum Gasteiger partial charge on any atom is -0.455 e. The molecule has 10 nitrogen and oxygen atoms in total. The van der Waals surface area contributed by atoms with E-state index in [4.69, 9.17) is 33.7 Å². The second kappa shape index (κ2) is 7.42. The number of non-ortho nitro benzene ring substituents is 1. The molecule has 1 aliphatic heterocycles. The lowest BCUT2D eigenvalue weighted by Gasteiger charge is -2.14. The highest BCUT2D eigenvalue weighted by Crippen LogP contribution is 2.35. The van der Waals surface area contributed by atoms with Crippen LogP contribution in [0.3, 0.4) is 0 Å². The Balaban J connectivity index is 1.89. The minimum absolute atomic E-state index is 0.0271. The van der Waals surface area contributed by atoms with Crippen molar-refractivity contribution in [1.29, 1.82) is 0 Å². The molecule has 2 aromatic carbocycles. The topological polar surface area (TPSA) is 147 Å². The number of nitrogen functional groups attached to an aromatic ring is 1. The zero-order chi connectivity index (χ0) is 22.4. The smallest absolute Gasteiger partial charge is 0.275 e. The third-order valence-electron chi connectivity index (χ3n) is 4.42. The van der Waals surface area contributed by atoms with E-state index in [0.717, 1.165) is 22.8 Å². The van der Waals surface area contributed by atoms with Gasteiger partial charge in [-0.25, -0.2) is 0 Å². The summed E-state index contributed by atoms with van der Waals surface area (Å²) in [6.07, 6.45) is 0. The number of rotatable bonds is 4. The molecule has 4 rings (SSSR count). The third kappa shape index (κ3) is 3.58. The van der Waals surface area contributed by atoms with E-state index < -0.39 is 28.0 Å². The Bertz CT molecular complexity index is 1370. The van der Waals surface area contributed by atoms with Crippen LogP contribution in [0.1, 0.15) is 20.7 Å². The van der Waals surface area contributed by atoms with Crippen molar-refractivity contribution < 1.29 is 19.2 Å². The molecule has 0 aliphatic carbocycles. The number of nitrogens with two attached hydrogens (primary N) is 1. The van der Waals surface area contributed by atoms with Gasteiger partial charge in [-0.1, -0.05) is 23.2 Å². The molecule has 2 amide bonds. The molecule has 1 aromatic heterocycles. The molecule has 0 radical (unpaired) electrons. The second-order valence-corrected chi connectivity index (χ2v) is 7.24. The van der Waals surface area contributed by atoms with Crippen molar-refractivity contribution in [3.63, 3.8) is 0 Å². The molecule has 0 unspecified atom stereocenters. The van der Waals surface area contributed by atoms with Crippen LogP contribution in [0.2, 0.25) is 10.0 Å². The van der Waals surface area contributed by atoms with Crippen LogP contribution in [-0.2, 0) is 0 Å². The monoisotopic (exact) mass is 460 g/mol. The molecule has 1 aliphatic rings. The summed E-state index contributed by atoms with van der Waals surface area (Å²) in [7, 11) is 0. The number of nitro groups is 1. The summed E-state index contributed by atoms with van der Waals surface area (Å²) in [6, 6.07) is 8.84. The number of nitrogens with one attached hydrogen (secondary N) is 1. The summed E-state index contributed by atoms with van der Waals surface area (Å²) >= 11 is 11.9. The van der Waals surface area contributed by atoms with Gasteiger partial charge in [0.15, 0.2) is 0 Å². The maximum atomic E-state index is 12.6. The van der Waals surface area contributed by atoms with Gasteiger partial charge in [-0.3, -0.25) is 34.4 Å². The first-order chi connectivity index (χ1) is 14.7. The highest BCUT2D eigenvalue weighted by Gasteiger charge is 2.32. The lowest BCUT2D eigenvalue weighted by atomic mass is 10.1. The number of amides is 2. The molecule has 0 saturated heterocycles. The van der Waals surface area contributed by atoms with Crippen LogP contribution >= 0.6 is 23.2 Å². The number of nitrogens with zero attached hydrogens (tertiary/aromatic N) is 2. The lowest BCUT2D eigenvalue weighted by Crippen LogP contribution is -2.24. The van der Waals surface area contributed by atoms with Crippen molar-refractivity contribution in [2.24, 2.45) is 0 Å². The van der Waals surface area contributed by atoms with Crippen LogP contribution in [0.25, 0.3) is 5.69 Å². The van der Waals surface area contributed by atoms with E-state index in [1.807, 2.05) is 5.32 Å². The molecule has 0 bridgehead atoms. The Morgan fingerprint density at radius 1 is 1.03 bits per heavy atom. The average molecular weight is 461 g/mol. The van der Waals surface area contributed by atoms with Gasteiger partial charge in [0.2, 0.25) is 0 Å². The first kappa shape index (κ1) is 20.4. The van der Waals surface area contributed by atoms with Crippen LogP contribution in [0.15, 0.2) is 47.3 Å². The van der Waals surface area contributed by atoms with Gasteiger partial charge >= 0.3 is 0 Å². The van der Waals surface area contributed by atoms with Gasteiger partial charge in [0.05, 0.1) is 32.8 Å². The number of pyridine rings is 1. The minimum atomic E-state index is -0.777. The zero-order valence-corrected chi connectivity index (χ0v) is 16.7. The van der Waals surface area contributed by atoms with Crippen molar-refractivity contribution in [2.75, 3.05) is 5.73 Å². The molecule has 0 saturated carbocycles. The zero-order valence-electron chi connectivity index (χ0n) is 15.2. The fourth-order valence-corrected chi connectivity index (χ4v) is 3.54. The quantitative estimate of drug-likeness (QED) is 0.344. The maximum absolute atomic E-state index is 12.6. The van der Waals surface area contributed by atoms with Crippen molar-refractivity contribution in [1.82, 2.24) is 9.88 Å². The molecule has 12 heteroatoms. The Labute approximate surface area is 182 Å². The molecular formula is C19H10Cl2N4O6. The van der Waals surface area contributed by atoms with Crippen molar-refractivity contribution in [3.8, 4) is 17.2 Å². The fourth-order valence-electron chi connectivity index (χ4n) is 3.09. The van der Waals surface area contributed by atoms with Gasteiger partial charge < -0.3 is 10.5 Å². The Hall–Kier alpha value is -3.89. The highest BCUT2D eigenvalue weighted by atomic mass is 35.5. The van der Waals surface area contributed by atoms with E-state index in [0.29, 0.717) is 5.02 Å². The van der Waals surface area contributed by atoms with E-state index in [2.05, 4.69) is 0 Å². The largest absolute Gasteiger partial charge is 0.455 e. The van der Waals surface area contributed by atoms with Crippen LogP contribution in [0.5, 0.6) is 11.5 Å². The highest BCUT2D eigenvalue weighted by molar-refractivity contribution is 6.35. The molecule has 31 heavy (non-hydrogen) atoms. The SMILES string of the molecule is Nc1c2c(cc(=O)n1-c1cc(Oc3ccc(Cl)cc3Cl)cc([N+](=O)[O-])c1)C(=O)NC2=O. The van der Waals surface area contributed by atoms with Crippen LogP contribution in [0.4, 0.5) is 11.5 Å². The van der Waals surface area contributed by atoms with E-state index in [1.165, 1.54) is 24.3 Å². The van der Waals surface area contributed by atoms with E-state index in [9.17, 15) is 24.5 Å². The van der Waals surface area contributed by atoms with Gasteiger partial charge in [-0.2, -0.15) is 0 Å². The normalized spacial score (nSPS) is 12.5. The molecule has 0 spiro atoms. The number of carbonyl (C=O) groups is 2. The lowest BCUT2D eigenvalue weighted by molar-refractivity contribution is -0.384. The number of carbonyl (C=O) groups excluding carboxylic acids is 2. The molecule has 156 valence electrons. The fraction of sp³-hybridized carbons (Fsp3) is 0. The summed E-state index contributed by atoms with van der Waals surface area (Å²) in [5, 5.41) is 14.0. The number of nitro benzene ring substituents is 1. The van der Waals surface area contributed by atoms with Crippen LogP contribution < -0.4 is 21.3 Å². The van der Waals surface area contributed by atoms with E-state index in [-0.39, 0.29) is 39.2 Å². The molecule has 3 aromatic rings. The number of hydrogen-bond donors (Lipinski definition) is 2. The number of hydrogen-bond acceptors (Lipinski definition) is 7. The van der Waals surface area contributed by atoms with Crippen LogP contribution in [0, 0.1) is 10.1 Å². The van der Waals surface area contributed by atoms with Gasteiger partial charge in [0.1, 0.15) is 17.3 Å². The first-order valence-electron chi connectivity index (χ1n) is 8.49. The number of fused-ring (bicyclic) bond motifs is 1. The molecule has 0 atom stereocenters. The summed E-state index contributed by atoms with van der Waals surface area (Å²) in [6.45, 7) is 0. The number of anilines is 1. The molecule has 2 heterocycles. The van der Waals surface area contributed by atoms with Gasteiger partial charge in [0.25, 0.3) is 23.1 Å². The van der Waals surface area contributed by atoms with Crippen molar-refractivity contribution >= 4 is 46.5 Å². The van der Waals surface area contributed by atoms with Gasteiger partial charge in [-0.15, -0.1) is 0 Å². The number of aromatic nitrogens is 1. The Morgan fingerprint density at radius 3 is 2.45 bits per heavy atom. The number of imide groups is 1. The maximum Gasteiger partial charge on any atom is 0.275 e. The third-order valence-corrected chi connectivity index (χ3v) is 4.95. The van der Waals surface area contributed by atoms with Gasteiger partial charge in [-0.05, 0) is 18.2 Å². The van der Waals surface area contributed by atoms with E-state index >= 15 is 0 Å². The number of ether oxygens (including phenoxy) is 1. The molecule has 3 N–H and O–H groups in total. The molecule has 0 fully saturated rings. The molecular weight excluding hydrogens is 451 g/mol. The average Bonchev–Trinajstić information content (AvgIpc) is 2.97. The summed E-state index contributed by atoms with van der Waals surface area (Å²) in [5.41, 5.74) is 4.40. The van der Waals surface area contributed by atoms with Crippen molar-refractivity contribution in [2.45, 2.75) is 0 Å². The van der Waals surface area contributed by atoms with Crippen molar-refractivity contribution in [3.05, 3.63) is 84.1 Å². The summed E-state index contributed by atoms with van der Waals surface area (Å²) in [5.74, 6) is -1.74. The van der Waals surface area contributed by atoms with Crippen LogP contribution in [-0.4, -0.2) is 21.3 Å². The predicted molar refractivity (Wildman–Crippen MR) is 111 cm³/mol. The second-order valence-electron chi connectivity index (χ2n) is 6.39. The summed E-state index contributed by atoms with van der Waals surface area (Å²) in [4.78, 5) is 47.3. The Kier molecular flexibility index (Phi) is 4.88. The van der Waals surface area contributed by atoms with E-state index in [1.54, 1.807) is 0 Å². The summed E-state index contributed by atoms with van der Waals surface area (Å²) < 4.78 is 6.52.